The van der Waals surface area contributed by atoms with Crippen LogP contribution in [-0.2, 0) is 0 Å². The van der Waals surface area contributed by atoms with Crippen molar-refractivity contribution in [3.05, 3.63) is 48.0 Å². The van der Waals surface area contributed by atoms with E-state index in [2.05, 4.69) is 10.2 Å². The number of nitrogens with one attached hydrogen (secondary N) is 1. The van der Waals surface area contributed by atoms with Gasteiger partial charge in [-0.2, -0.15) is 0 Å². The number of hydrogen-bond acceptors (Lipinski definition) is 3. The summed E-state index contributed by atoms with van der Waals surface area (Å²) in [6, 6.07) is 9.73. The van der Waals surface area contributed by atoms with E-state index in [1.807, 2.05) is 0 Å². The minimum atomic E-state index is -0.322. The molecule has 4 nitrogen and oxygen atoms in total. The first-order valence-electron chi connectivity index (χ1n) is 8.08. The van der Waals surface area contributed by atoms with Crippen molar-refractivity contribution in [1.29, 1.82) is 0 Å². The molecule has 2 bridgehead atoms. The predicted octanol–water partition coefficient (Wildman–Crippen LogP) is 2.91. The lowest BCUT2D eigenvalue weighted by Gasteiger charge is -2.44. The quantitative estimate of drug-likeness (QED) is 0.947. The lowest BCUT2D eigenvalue weighted by Crippen LogP contribution is -2.57. The number of hydrogen-bond donors (Lipinski definition) is 1. The van der Waals surface area contributed by atoms with Crippen LogP contribution in [0.2, 0.25) is 0 Å². The number of fused-ring (bicyclic) bond motifs is 3. The molecular weight excluding hydrogens is 295 g/mol. The lowest BCUT2D eigenvalue weighted by atomic mass is 9.84. The number of nitrogens with zero attached hydrogens (tertiary/aromatic N) is 1. The third-order valence-electron chi connectivity index (χ3n) is 4.91. The van der Waals surface area contributed by atoms with Crippen LogP contribution in [0.4, 0.5) is 4.39 Å². The third kappa shape index (κ3) is 2.88. The Morgan fingerprint density at radius 2 is 2.04 bits per heavy atom. The molecule has 0 saturated carbocycles. The average molecular weight is 314 g/mol. The van der Waals surface area contributed by atoms with Crippen molar-refractivity contribution in [3.8, 4) is 11.3 Å². The second kappa shape index (κ2) is 5.81. The summed E-state index contributed by atoms with van der Waals surface area (Å²) in [5.41, 5.74) is 0.631. The number of carbonyl (C=O) groups is 1. The smallest absolute Gasteiger partial charge is 0.287 e. The molecule has 23 heavy (non-hydrogen) atoms. The Bertz CT molecular complexity index is 719. The largest absolute Gasteiger partial charge is 0.451 e. The predicted molar refractivity (Wildman–Crippen MR) is 84.5 cm³/mol. The van der Waals surface area contributed by atoms with Crippen LogP contribution in [0, 0.1) is 11.7 Å². The molecule has 1 aromatic carbocycles. The highest BCUT2D eigenvalue weighted by molar-refractivity contribution is 5.92. The van der Waals surface area contributed by atoms with E-state index in [1.165, 1.54) is 12.1 Å². The zero-order chi connectivity index (χ0) is 15.8. The summed E-state index contributed by atoms with van der Waals surface area (Å²) in [7, 11) is 0. The summed E-state index contributed by atoms with van der Waals surface area (Å²) in [5.74, 6) is 0.842. The molecule has 3 fully saturated rings. The monoisotopic (exact) mass is 314 g/mol. The van der Waals surface area contributed by atoms with Crippen molar-refractivity contribution < 1.29 is 13.6 Å². The Morgan fingerprint density at radius 1 is 1.22 bits per heavy atom. The maximum Gasteiger partial charge on any atom is 0.287 e. The molecule has 0 unspecified atom stereocenters. The zero-order valence-corrected chi connectivity index (χ0v) is 12.8. The first-order chi connectivity index (χ1) is 11.2. The SMILES string of the molecule is O=C(N[C@H]1CN2CCC1CC2)c1ccc(-c2cccc(F)c2)o1. The Morgan fingerprint density at radius 3 is 2.74 bits per heavy atom. The van der Waals surface area contributed by atoms with Gasteiger partial charge < -0.3 is 14.6 Å². The van der Waals surface area contributed by atoms with Gasteiger partial charge in [0.05, 0.1) is 0 Å². The zero-order valence-electron chi connectivity index (χ0n) is 12.8. The molecule has 1 aromatic heterocycles. The first-order valence-corrected chi connectivity index (χ1v) is 8.08. The van der Waals surface area contributed by atoms with Crippen molar-refractivity contribution in [2.45, 2.75) is 18.9 Å². The molecule has 3 aliphatic heterocycles. The maximum atomic E-state index is 13.3. The van der Waals surface area contributed by atoms with Crippen molar-refractivity contribution in [1.82, 2.24) is 10.2 Å². The number of piperidine rings is 3. The summed E-state index contributed by atoms with van der Waals surface area (Å²) in [6.45, 7) is 3.21. The van der Waals surface area contributed by atoms with Crippen LogP contribution in [0.5, 0.6) is 0 Å². The molecule has 5 rings (SSSR count). The molecule has 1 N–H and O–H groups in total. The normalized spacial score (nSPS) is 26.2. The minimum absolute atomic E-state index is 0.189. The van der Waals surface area contributed by atoms with Crippen LogP contribution in [0.1, 0.15) is 23.4 Å². The second-order valence-electron chi connectivity index (χ2n) is 6.39. The van der Waals surface area contributed by atoms with Crippen LogP contribution in [-0.4, -0.2) is 36.5 Å². The second-order valence-corrected chi connectivity index (χ2v) is 6.39. The van der Waals surface area contributed by atoms with E-state index in [4.69, 9.17) is 4.42 Å². The highest BCUT2D eigenvalue weighted by Gasteiger charge is 2.35. The average Bonchev–Trinajstić information content (AvgIpc) is 3.06. The molecule has 2 aromatic rings. The Balaban J connectivity index is 1.47. The molecule has 1 amide bonds. The van der Waals surface area contributed by atoms with E-state index in [-0.39, 0.29) is 23.5 Å². The van der Waals surface area contributed by atoms with E-state index in [9.17, 15) is 9.18 Å². The summed E-state index contributed by atoms with van der Waals surface area (Å²) >= 11 is 0. The van der Waals surface area contributed by atoms with Crippen LogP contribution >= 0.6 is 0 Å². The number of furan rings is 1. The molecule has 0 aliphatic carbocycles. The standard InChI is InChI=1S/C18H19FN2O2/c19-14-3-1-2-13(10-14)16-4-5-17(23-16)18(22)20-15-11-21-8-6-12(15)7-9-21/h1-5,10,12,15H,6-9,11H2,(H,20,22)/t15-/m0/s1. The topological polar surface area (TPSA) is 45.5 Å². The summed E-state index contributed by atoms with van der Waals surface area (Å²) < 4.78 is 18.9. The van der Waals surface area contributed by atoms with E-state index >= 15 is 0 Å². The molecule has 0 spiro atoms. The van der Waals surface area contributed by atoms with Gasteiger partial charge in [-0.25, -0.2) is 4.39 Å². The van der Waals surface area contributed by atoms with Crippen molar-refractivity contribution in [2.24, 2.45) is 5.92 Å². The number of benzene rings is 1. The fourth-order valence-electron chi connectivity index (χ4n) is 3.62. The van der Waals surface area contributed by atoms with Crippen LogP contribution in [0.25, 0.3) is 11.3 Å². The summed E-state index contributed by atoms with van der Waals surface area (Å²) in [4.78, 5) is 14.8. The summed E-state index contributed by atoms with van der Waals surface area (Å²) in [5, 5.41) is 3.09. The van der Waals surface area contributed by atoms with Gasteiger partial charge in [0.1, 0.15) is 11.6 Å². The van der Waals surface area contributed by atoms with Crippen molar-refractivity contribution in [3.63, 3.8) is 0 Å². The minimum Gasteiger partial charge on any atom is -0.451 e. The third-order valence-corrected chi connectivity index (χ3v) is 4.91. The lowest BCUT2D eigenvalue weighted by molar-refractivity contribution is 0.0606. The molecule has 4 heterocycles. The van der Waals surface area contributed by atoms with E-state index in [1.54, 1.807) is 24.3 Å². The van der Waals surface area contributed by atoms with Crippen LogP contribution in [0.15, 0.2) is 40.8 Å². The number of rotatable bonds is 3. The van der Waals surface area contributed by atoms with Gasteiger partial charge in [-0.3, -0.25) is 4.79 Å². The Hall–Kier alpha value is -2.14. The molecule has 0 radical (unpaired) electrons. The van der Waals surface area contributed by atoms with Gasteiger partial charge >= 0.3 is 0 Å². The van der Waals surface area contributed by atoms with Crippen LogP contribution < -0.4 is 5.32 Å². The fraction of sp³-hybridized carbons (Fsp3) is 0.389. The number of halogens is 1. The van der Waals surface area contributed by atoms with Gasteiger partial charge in [-0.05, 0) is 56.1 Å². The molecular formula is C18H19FN2O2. The number of carbonyl (C=O) groups excluding carboxylic acids is 1. The first kappa shape index (κ1) is 14.5. The molecule has 5 heteroatoms. The van der Waals surface area contributed by atoms with Gasteiger partial charge in [-0.15, -0.1) is 0 Å². The van der Waals surface area contributed by atoms with Gasteiger partial charge in [0.25, 0.3) is 5.91 Å². The molecule has 120 valence electrons. The number of amides is 1. The van der Waals surface area contributed by atoms with E-state index in [0.29, 0.717) is 17.2 Å². The fourth-order valence-corrected chi connectivity index (χ4v) is 3.62. The van der Waals surface area contributed by atoms with Crippen LogP contribution in [0.3, 0.4) is 0 Å². The molecule has 3 aliphatic rings. The molecule has 3 saturated heterocycles. The maximum absolute atomic E-state index is 13.3. The van der Waals surface area contributed by atoms with Gasteiger partial charge in [0.15, 0.2) is 5.76 Å². The summed E-state index contributed by atoms with van der Waals surface area (Å²) in [6.07, 6.45) is 2.30. The Kier molecular flexibility index (Phi) is 3.65. The highest BCUT2D eigenvalue weighted by Crippen LogP contribution is 2.28. The molecule has 1 atom stereocenters. The highest BCUT2D eigenvalue weighted by atomic mass is 19.1. The Labute approximate surface area is 134 Å². The van der Waals surface area contributed by atoms with Crippen molar-refractivity contribution >= 4 is 5.91 Å². The van der Waals surface area contributed by atoms with Crippen molar-refractivity contribution in [2.75, 3.05) is 19.6 Å². The van der Waals surface area contributed by atoms with E-state index < -0.39 is 0 Å². The van der Waals surface area contributed by atoms with Gasteiger partial charge in [0.2, 0.25) is 0 Å². The van der Waals surface area contributed by atoms with Gasteiger partial charge in [-0.1, -0.05) is 12.1 Å². The van der Waals surface area contributed by atoms with Gasteiger partial charge in [0, 0.05) is 18.2 Å². The van der Waals surface area contributed by atoms with E-state index in [0.717, 1.165) is 32.5 Å².